The average Bonchev–Trinajstić information content (AvgIpc) is 2.61. The Morgan fingerprint density at radius 2 is 1.74 bits per heavy atom. The summed E-state index contributed by atoms with van der Waals surface area (Å²) in [6.45, 7) is 1.66. The molecule has 0 saturated carbocycles. The number of rotatable bonds is 5. The molecule has 4 nitrogen and oxygen atoms in total. The molecular formula is C20H19F3N2O2. The molecule has 1 aromatic carbocycles. The van der Waals surface area contributed by atoms with E-state index >= 15 is 0 Å². The fraction of sp³-hybridized carbons (Fsp3) is 0.350. The van der Waals surface area contributed by atoms with Crippen molar-refractivity contribution in [3.63, 3.8) is 0 Å². The third kappa shape index (κ3) is 4.42. The molecule has 27 heavy (non-hydrogen) atoms. The van der Waals surface area contributed by atoms with E-state index in [1.165, 1.54) is 6.07 Å². The van der Waals surface area contributed by atoms with E-state index in [9.17, 15) is 22.8 Å². The number of aromatic nitrogens is 1. The quantitative estimate of drug-likeness (QED) is 0.750. The number of hydrogen-bond donors (Lipinski definition) is 0. The number of halogens is 3. The van der Waals surface area contributed by atoms with E-state index in [0.29, 0.717) is 12.1 Å². The average molecular weight is 376 g/mol. The molecule has 1 saturated heterocycles. The lowest BCUT2D eigenvalue weighted by Crippen LogP contribution is -2.33. The van der Waals surface area contributed by atoms with Gasteiger partial charge in [0.1, 0.15) is 23.1 Å². The third-order valence-electron chi connectivity index (χ3n) is 4.78. The summed E-state index contributed by atoms with van der Waals surface area (Å²) >= 11 is 0. The largest absolute Gasteiger partial charge is 0.306 e. The Morgan fingerprint density at radius 1 is 1.11 bits per heavy atom. The zero-order valence-electron chi connectivity index (χ0n) is 14.8. The van der Waals surface area contributed by atoms with Crippen LogP contribution < -0.4 is 0 Å². The number of Topliss-reactive ketones (excluding diaryl/α,β-unsaturated/α-hetero) is 2. The van der Waals surface area contributed by atoms with Gasteiger partial charge < -0.3 is 4.90 Å². The molecule has 0 radical (unpaired) electrons. The van der Waals surface area contributed by atoms with Crippen molar-refractivity contribution in [3.8, 4) is 0 Å². The monoisotopic (exact) mass is 376 g/mol. The van der Waals surface area contributed by atoms with E-state index in [2.05, 4.69) is 9.88 Å². The first kappa shape index (κ1) is 19.2. The summed E-state index contributed by atoms with van der Waals surface area (Å²) in [6.07, 6.45) is 1.10. The van der Waals surface area contributed by atoms with E-state index in [4.69, 9.17) is 0 Å². The molecule has 0 aliphatic carbocycles. The number of carbonyl (C=O) groups is 2. The van der Waals surface area contributed by atoms with E-state index in [-0.39, 0.29) is 29.5 Å². The number of pyridine rings is 1. The molecule has 0 atom stereocenters. The second kappa shape index (κ2) is 8.00. The molecule has 0 spiro atoms. The molecule has 1 aliphatic rings. The van der Waals surface area contributed by atoms with Gasteiger partial charge in [-0.3, -0.25) is 9.59 Å². The van der Waals surface area contributed by atoms with Crippen LogP contribution in [0.4, 0.5) is 13.2 Å². The number of benzene rings is 1. The van der Waals surface area contributed by atoms with Crippen LogP contribution in [0, 0.1) is 23.4 Å². The van der Waals surface area contributed by atoms with Crippen molar-refractivity contribution in [2.75, 3.05) is 20.1 Å². The SMILES string of the molecule is CN1CCC(C(=O)c2cccc(CC(=O)c3c(F)cc(F)cc3F)n2)CC1. The van der Waals surface area contributed by atoms with Gasteiger partial charge in [-0.15, -0.1) is 0 Å². The van der Waals surface area contributed by atoms with E-state index in [1.807, 2.05) is 7.05 Å². The van der Waals surface area contributed by atoms with Gasteiger partial charge in [0.2, 0.25) is 0 Å². The molecular weight excluding hydrogens is 357 g/mol. The number of carbonyl (C=O) groups excluding carboxylic acids is 2. The number of hydrogen-bond acceptors (Lipinski definition) is 4. The highest BCUT2D eigenvalue weighted by Crippen LogP contribution is 2.21. The van der Waals surface area contributed by atoms with Gasteiger partial charge in [0.25, 0.3) is 0 Å². The molecule has 0 amide bonds. The molecule has 0 unspecified atom stereocenters. The molecule has 7 heteroatoms. The standard InChI is InChI=1S/C20H19F3N2O2/c1-25-7-5-12(6-8-25)20(27)17-4-2-3-14(24-17)11-18(26)19-15(22)9-13(21)10-16(19)23/h2-4,9-10,12H,5-8,11H2,1H3. The van der Waals surface area contributed by atoms with Crippen LogP contribution >= 0.6 is 0 Å². The molecule has 2 heterocycles. The van der Waals surface area contributed by atoms with Gasteiger partial charge in [-0.25, -0.2) is 18.2 Å². The summed E-state index contributed by atoms with van der Waals surface area (Å²) in [5, 5.41) is 0. The highest BCUT2D eigenvalue weighted by atomic mass is 19.1. The Hall–Kier alpha value is -2.54. The smallest absolute Gasteiger partial charge is 0.184 e. The number of nitrogens with zero attached hydrogens (tertiary/aromatic N) is 2. The maximum Gasteiger partial charge on any atom is 0.184 e. The molecule has 1 aromatic heterocycles. The predicted molar refractivity (Wildman–Crippen MR) is 93.1 cm³/mol. The summed E-state index contributed by atoms with van der Waals surface area (Å²) < 4.78 is 40.5. The molecule has 0 bridgehead atoms. The maximum absolute atomic E-state index is 13.8. The Labute approximate surface area is 155 Å². The molecule has 0 N–H and O–H groups in total. The van der Waals surface area contributed by atoms with E-state index < -0.39 is 28.8 Å². The topological polar surface area (TPSA) is 50.3 Å². The Kier molecular flexibility index (Phi) is 5.70. The zero-order valence-corrected chi connectivity index (χ0v) is 14.8. The van der Waals surface area contributed by atoms with E-state index in [1.54, 1.807) is 12.1 Å². The van der Waals surface area contributed by atoms with Gasteiger partial charge >= 0.3 is 0 Å². The second-order valence-corrected chi connectivity index (χ2v) is 6.80. The number of piperidine rings is 1. The van der Waals surface area contributed by atoms with E-state index in [0.717, 1.165) is 25.9 Å². The van der Waals surface area contributed by atoms with Crippen LogP contribution in [0.15, 0.2) is 30.3 Å². The van der Waals surface area contributed by atoms with Crippen molar-refractivity contribution in [3.05, 3.63) is 64.7 Å². The molecule has 1 aliphatic heterocycles. The first-order valence-electron chi connectivity index (χ1n) is 8.71. The fourth-order valence-corrected chi connectivity index (χ4v) is 3.26. The predicted octanol–water partition coefficient (Wildman–Crippen LogP) is 3.45. The Morgan fingerprint density at radius 3 is 2.37 bits per heavy atom. The van der Waals surface area contributed by atoms with Crippen LogP contribution in [0.25, 0.3) is 0 Å². The lowest BCUT2D eigenvalue weighted by atomic mass is 9.91. The van der Waals surface area contributed by atoms with Crippen molar-refractivity contribution in [2.24, 2.45) is 5.92 Å². The molecule has 1 fully saturated rings. The molecule has 142 valence electrons. The molecule has 2 aromatic rings. The lowest BCUT2D eigenvalue weighted by molar-refractivity contribution is 0.0850. The van der Waals surface area contributed by atoms with Crippen LogP contribution in [0.1, 0.15) is 39.4 Å². The minimum Gasteiger partial charge on any atom is -0.306 e. The molecule has 3 rings (SSSR count). The van der Waals surface area contributed by atoms with Crippen LogP contribution in [-0.2, 0) is 6.42 Å². The minimum atomic E-state index is -1.25. The second-order valence-electron chi connectivity index (χ2n) is 6.80. The number of likely N-dealkylation sites (tertiary alicyclic amines) is 1. The van der Waals surface area contributed by atoms with Gasteiger partial charge in [0, 0.05) is 23.7 Å². The van der Waals surface area contributed by atoms with Gasteiger partial charge in [0.05, 0.1) is 12.0 Å². The van der Waals surface area contributed by atoms with Crippen molar-refractivity contribution >= 4 is 11.6 Å². The first-order valence-corrected chi connectivity index (χ1v) is 8.71. The van der Waals surface area contributed by atoms with Crippen molar-refractivity contribution in [1.29, 1.82) is 0 Å². The lowest BCUT2D eigenvalue weighted by Gasteiger charge is -2.27. The van der Waals surface area contributed by atoms with Crippen molar-refractivity contribution in [2.45, 2.75) is 19.3 Å². The minimum absolute atomic E-state index is 0.0865. The Balaban J connectivity index is 1.76. The third-order valence-corrected chi connectivity index (χ3v) is 4.78. The van der Waals surface area contributed by atoms with Gasteiger partial charge in [-0.1, -0.05) is 6.07 Å². The van der Waals surface area contributed by atoms with Gasteiger partial charge in [-0.2, -0.15) is 0 Å². The summed E-state index contributed by atoms with van der Waals surface area (Å²) in [7, 11) is 2.00. The van der Waals surface area contributed by atoms with Crippen LogP contribution in [0.5, 0.6) is 0 Å². The number of ketones is 2. The summed E-state index contributed by atoms with van der Waals surface area (Å²) in [4.78, 5) is 31.2. The summed E-state index contributed by atoms with van der Waals surface area (Å²) in [6, 6.07) is 5.61. The van der Waals surface area contributed by atoms with Crippen molar-refractivity contribution < 1.29 is 22.8 Å². The highest BCUT2D eigenvalue weighted by molar-refractivity contribution is 5.98. The van der Waals surface area contributed by atoms with Gasteiger partial charge in [-0.05, 0) is 45.1 Å². The van der Waals surface area contributed by atoms with Crippen molar-refractivity contribution in [1.82, 2.24) is 9.88 Å². The first-order chi connectivity index (χ1) is 12.8. The van der Waals surface area contributed by atoms with Crippen LogP contribution in [0.3, 0.4) is 0 Å². The highest BCUT2D eigenvalue weighted by Gasteiger charge is 2.26. The zero-order chi connectivity index (χ0) is 19.6. The normalized spacial score (nSPS) is 15.7. The Bertz CT molecular complexity index is 854. The summed E-state index contributed by atoms with van der Waals surface area (Å²) in [5.41, 5.74) is -0.318. The van der Waals surface area contributed by atoms with Crippen LogP contribution in [0.2, 0.25) is 0 Å². The van der Waals surface area contributed by atoms with Crippen LogP contribution in [-0.4, -0.2) is 41.6 Å². The maximum atomic E-state index is 13.8. The summed E-state index contributed by atoms with van der Waals surface area (Å²) in [5.74, 6) is -4.66. The van der Waals surface area contributed by atoms with Gasteiger partial charge in [0.15, 0.2) is 11.6 Å². The fourth-order valence-electron chi connectivity index (χ4n) is 3.26.